The highest BCUT2D eigenvalue weighted by Crippen LogP contribution is 2.20. The molecule has 0 spiro atoms. The quantitative estimate of drug-likeness (QED) is 0.810. The summed E-state index contributed by atoms with van der Waals surface area (Å²) in [7, 11) is -3.58. The first-order chi connectivity index (χ1) is 9.53. The molecule has 106 valence electrons. The second kappa shape index (κ2) is 6.72. The Morgan fingerprint density at radius 3 is 2.20 bits per heavy atom. The molecular weight excluding hydrogens is 362 g/mol. The van der Waals surface area contributed by atoms with Crippen LogP contribution in [0.2, 0.25) is 5.02 Å². The third-order valence-electron chi connectivity index (χ3n) is 2.78. The number of benzene rings is 2. The Balaban J connectivity index is 2.24. The molecule has 1 atom stereocenters. The molecule has 2 rings (SSSR count). The second-order valence-electron chi connectivity index (χ2n) is 4.19. The van der Waals surface area contributed by atoms with E-state index >= 15 is 0 Å². The molecule has 3 nitrogen and oxygen atoms in total. The van der Waals surface area contributed by atoms with E-state index in [4.69, 9.17) is 11.6 Å². The van der Waals surface area contributed by atoms with E-state index in [1.54, 1.807) is 12.1 Å². The molecule has 0 amide bonds. The molecule has 1 unspecified atom stereocenters. The van der Waals surface area contributed by atoms with Gasteiger partial charge in [-0.05, 0) is 29.8 Å². The molecule has 0 saturated carbocycles. The predicted molar refractivity (Wildman–Crippen MR) is 84.8 cm³/mol. The van der Waals surface area contributed by atoms with Gasteiger partial charge in [-0.3, -0.25) is 0 Å². The fraction of sp³-hybridized carbons (Fsp3) is 0.143. The molecule has 0 fully saturated rings. The van der Waals surface area contributed by atoms with Crippen LogP contribution >= 0.6 is 27.5 Å². The monoisotopic (exact) mass is 373 g/mol. The maximum Gasteiger partial charge on any atom is 0.241 e. The van der Waals surface area contributed by atoms with E-state index in [1.165, 1.54) is 12.1 Å². The Kier molecular flexibility index (Phi) is 5.21. The van der Waals surface area contributed by atoms with Gasteiger partial charge in [0, 0.05) is 10.4 Å². The highest BCUT2D eigenvalue weighted by Gasteiger charge is 2.20. The van der Waals surface area contributed by atoms with Crippen molar-refractivity contribution >= 4 is 37.6 Å². The van der Waals surface area contributed by atoms with Crippen LogP contribution in [0.25, 0.3) is 0 Å². The minimum Gasteiger partial charge on any atom is -0.207 e. The van der Waals surface area contributed by atoms with Crippen molar-refractivity contribution in [2.45, 2.75) is 10.9 Å². The lowest BCUT2D eigenvalue weighted by atomic mass is 10.1. The molecule has 0 heterocycles. The molecule has 0 aliphatic carbocycles. The number of halogens is 2. The van der Waals surface area contributed by atoms with Crippen molar-refractivity contribution in [1.82, 2.24) is 4.72 Å². The summed E-state index contributed by atoms with van der Waals surface area (Å²) in [4.78, 5) is 0.198. The molecule has 0 aliphatic rings. The molecule has 0 aromatic heterocycles. The first-order valence-corrected chi connectivity index (χ1v) is 8.90. The maximum atomic E-state index is 12.3. The summed E-state index contributed by atoms with van der Waals surface area (Å²) in [5.74, 6) is 0. The summed E-state index contributed by atoms with van der Waals surface area (Å²) in [6.07, 6.45) is 0. The molecule has 0 bridgehead atoms. The molecule has 1 N–H and O–H groups in total. The number of hydrogen-bond acceptors (Lipinski definition) is 2. The zero-order valence-electron chi connectivity index (χ0n) is 10.5. The zero-order valence-corrected chi connectivity index (χ0v) is 13.6. The molecule has 6 heteroatoms. The van der Waals surface area contributed by atoms with Gasteiger partial charge in [0.05, 0.1) is 10.9 Å². The van der Waals surface area contributed by atoms with Crippen molar-refractivity contribution in [2.24, 2.45) is 0 Å². The van der Waals surface area contributed by atoms with Crippen LogP contribution in [-0.2, 0) is 10.0 Å². The van der Waals surface area contributed by atoms with Gasteiger partial charge in [0.1, 0.15) is 0 Å². The van der Waals surface area contributed by atoms with Gasteiger partial charge in [0.25, 0.3) is 0 Å². The van der Waals surface area contributed by atoms with Crippen molar-refractivity contribution in [1.29, 1.82) is 0 Å². The Labute approximate surface area is 132 Å². The lowest BCUT2D eigenvalue weighted by Gasteiger charge is -2.16. The van der Waals surface area contributed by atoms with Gasteiger partial charge in [0.2, 0.25) is 10.0 Å². The lowest BCUT2D eigenvalue weighted by Crippen LogP contribution is -2.29. The number of sulfonamides is 1. The van der Waals surface area contributed by atoms with Gasteiger partial charge in [-0.25, -0.2) is 13.1 Å². The average molecular weight is 375 g/mol. The van der Waals surface area contributed by atoms with Gasteiger partial charge in [0.15, 0.2) is 0 Å². The molecule has 2 aromatic rings. The smallest absolute Gasteiger partial charge is 0.207 e. The summed E-state index contributed by atoms with van der Waals surface area (Å²) < 4.78 is 27.3. The summed E-state index contributed by atoms with van der Waals surface area (Å²) in [6, 6.07) is 15.2. The maximum absolute atomic E-state index is 12.3. The summed E-state index contributed by atoms with van der Waals surface area (Å²) in [5, 5.41) is 0.994. The topological polar surface area (TPSA) is 46.2 Å². The molecule has 0 saturated heterocycles. The van der Waals surface area contributed by atoms with Gasteiger partial charge in [-0.2, -0.15) is 0 Å². The molecule has 20 heavy (non-hydrogen) atoms. The fourth-order valence-electron chi connectivity index (χ4n) is 1.74. The third kappa shape index (κ3) is 3.82. The van der Waals surface area contributed by atoms with Crippen molar-refractivity contribution in [3.63, 3.8) is 0 Å². The largest absolute Gasteiger partial charge is 0.241 e. The van der Waals surface area contributed by atoms with E-state index in [0.29, 0.717) is 10.4 Å². The zero-order chi connectivity index (χ0) is 14.6. The van der Waals surface area contributed by atoms with E-state index in [2.05, 4.69) is 20.7 Å². The van der Waals surface area contributed by atoms with E-state index in [0.717, 1.165) is 5.56 Å². The van der Waals surface area contributed by atoms with E-state index in [-0.39, 0.29) is 10.9 Å². The predicted octanol–water partition coefficient (Wildman–Crippen LogP) is 3.75. The first-order valence-electron chi connectivity index (χ1n) is 5.92. The third-order valence-corrected chi connectivity index (χ3v) is 5.16. The van der Waals surface area contributed by atoms with E-state index in [1.807, 2.05) is 30.3 Å². The van der Waals surface area contributed by atoms with Crippen LogP contribution in [0.1, 0.15) is 11.6 Å². The number of hydrogen-bond donors (Lipinski definition) is 1. The van der Waals surface area contributed by atoms with Crippen LogP contribution in [0.5, 0.6) is 0 Å². The standard InChI is InChI=1S/C14H13BrClNO2S/c15-10-14(11-4-2-1-3-5-11)17-20(18,19)13-8-6-12(16)7-9-13/h1-9,14,17H,10H2. The molecule has 2 aromatic carbocycles. The number of nitrogens with one attached hydrogen (secondary N) is 1. The first kappa shape index (κ1) is 15.5. The van der Waals surface area contributed by atoms with Crippen molar-refractivity contribution < 1.29 is 8.42 Å². The summed E-state index contributed by atoms with van der Waals surface area (Å²) in [6.45, 7) is 0. The average Bonchev–Trinajstić information content (AvgIpc) is 2.46. The number of alkyl halides is 1. The highest BCUT2D eigenvalue weighted by molar-refractivity contribution is 9.09. The van der Waals surface area contributed by atoms with Gasteiger partial charge in [-0.1, -0.05) is 57.9 Å². The van der Waals surface area contributed by atoms with Crippen LogP contribution in [0.15, 0.2) is 59.5 Å². The Hall–Kier alpha value is -0.880. The van der Waals surface area contributed by atoms with Crippen LogP contribution in [0.4, 0.5) is 0 Å². The highest BCUT2D eigenvalue weighted by atomic mass is 79.9. The summed E-state index contributed by atoms with van der Waals surface area (Å²) in [5.41, 5.74) is 0.905. The van der Waals surface area contributed by atoms with Crippen LogP contribution in [0, 0.1) is 0 Å². The Morgan fingerprint density at radius 1 is 1.05 bits per heavy atom. The fourth-order valence-corrected chi connectivity index (χ4v) is 3.84. The Bertz CT molecular complexity index is 659. The molecule has 0 radical (unpaired) electrons. The molecular formula is C14H13BrClNO2S. The van der Waals surface area contributed by atoms with E-state index < -0.39 is 10.0 Å². The van der Waals surface area contributed by atoms with Crippen LogP contribution in [0.3, 0.4) is 0 Å². The van der Waals surface area contributed by atoms with Gasteiger partial charge in [-0.15, -0.1) is 0 Å². The van der Waals surface area contributed by atoms with Crippen molar-refractivity contribution in [3.8, 4) is 0 Å². The van der Waals surface area contributed by atoms with Gasteiger partial charge < -0.3 is 0 Å². The van der Waals surface area contributed by atoms with Gasteiger partial charge >= 0.3 is 0 Å². The second-order valence-corrected chi connectivity index (χ2v) is 6.99. The molecule has 0 aliphatic heterocycles. The van der Waals surface area contributed by atoms with Crippen LogP contribution in [-0.4, -0.2) is 13.7 Å². The Morgan fingerprint density at radius 2 is 1.65 bits per heavy atom. The lowest BCUT2D eigenvalue weighted by molar-refractivity contribution is 0.569. The van der Waals surface area contributed by atoms with Crippen molar-refractivity contribution in [3.05, 3.63) is 65.2 Å². The summed E-state index contributed by atoms with van der Waals surface area (Å²) >= 11 is 9.11. The van der Waals surface area contributed by atoms with Crippen molar-refractivity contribution in [2.75, 3.05) is 5.33 Å². The SMILES string of the molecule is O=S(=O)(NC(CBr)c1ccccc1)c1ccc(Cl)cc1. The normalized spacial score (nSPS) is 13.1. The van der Waals surface area contributed by atoms with Crippen LogP contribution < -0.4 is 4.72 Å². The number of rotatable bonds is 5. The minimum atomic E-state index is -3.58. The minimum absolute atomic E-state index is 0.198. The van der Waals surface area contributed by atoms with E-state index in [9.17, 15) is 8.42 Å².